The van der Waals surface area contributed by atoms with Crippen LogP contribution in [0.25, 0.3) is 0 Å². The van der Waals surface area contributed by atoms with E-state index in [0.717, 1.165) is 28.0 Å². The molecule has 0 aliphatic rings. The molecule has 21 heavy (non-hydrogen) atoms. The predicted molar refractivity (Wildman–Crippen MR) is 84.8 cm³/mol. The molecule has 1 N–H and O–H groups in total. The minimum Gasteiger partial charge on any atom is -0.496 e. The fraction of sp³-hybridized carbons (Fsp3) is 0.294. The Morgan fingerprint density at radius 2 is 1.90 bits per heavy atom. The number of hydrogen-bond donors (Lipinski definition) is 1. The summed E-state index contributed by atoms with van der Waals surface area (Å²) in [7, 11) is 3.50. The Morgan fingerprint density at radius 3 is 2.48 bits per heavy atom. The first-order chi connectivity index (χ1) is 9.97. The van der Waals surface area contributed by atoms with Crippen molar-refractivity contribution in [2.75, 3.05) is 14.2 Å². The molecule has 112 valence electrons. The summed E-state index contributed by atoms with van der Waals surface area (Å²) in [5.41, 5.74) is 4.07. The van der Waals surface area contributed by atoms with Gasteiger partial charge >= 0.3 is 0 Å². The van der Waals surface area contributed by atoms with Gasteiger partial charge in [-0.25, -0.2) is 4.39 Å². The van der Waals surface area contributed by atoms with Gasteiger partial charge in [-0.05, 0) is 55.8 Å². The molecule has 2 aromatic carbocycles. The second-order valence-corrected chi connectivity index (χ2v) is 5.49. The molecule has 1 unspecified atom stereocenters. The minimum atomic E-state index is -0.341. The van der Waals surface area contributed by atoms with E-state index in [0.29, 0.717) is 5.02 Å². The standard InChI is InChI=1S/C17H19ClFNO/c1-10-7-11(2)16(15(8-10)21-4)17(20-3)13-6-5-12(19)9-14(13)18/h5-9,17,20H,1-4H3. The van der Waals surface area contributed by atoms with Gasteiger partial charge in [0, 0.05) is 10.6 Å². The van der Waals surface area contributed by atoms with E-state index in [-0.39, 0.29) is 11.9 Å². The van der Waals surface area contributed by atoms with Crippen LogP contribution >= 0.6 is 11.6 Å². The molecule has 0 aliphatic carbocycles. The van der Waals surface area contributed by atoms with E-state index in [9.17, 15) is 4.39 Å². The Kier molecular flexibility index (Phi) is 4.86. The van der Waals surface area contributed by atoms with Gasteiger partial charge in [-0.15, -0.1) is 0 Å². The highest BCUT2D eigenvalue weighted by atomic mass is 35.5. The number of hydrogen-bond acceptors (Lipinski definition) is 2. The zero-order valence-corrected chi connectivity index (χ0v) is 13.4. The summed E-state index contributed by atoms with van der Waals surface area (Å²) in [6, 6.07) is 8.38. The lowest BCUT2D eigenvalue weighted by Gasteiger charge is -2.23. The van der Waals surface area contributed by atoms with Crippen molar-refractivity contribution >= 4 is 11.6 Å². The van der Waals surface area contributed by atoms with Crippen LogP contribution in [0.5, 0.6) is 5.75 Å². The van der Waals surface area contributed by atoms with Crippen LogP contribution in [-0.4, -0.2) is 14.2 Å². The molecule has 0 heterocycles. The Balaban J connectivity index is 2.61. The summed E-state index contributed by atoms with van der Waals surface area (Å²) in [4.78, 5) is 0. The van der Waals surface area contributed by atoms with E-state index in [4.69, 9.17) is 16.3 Å². The fourth-order valence-corrected chi connectivity index (χ4v) is 2.95. The summed E-state index contributed by atoms with van der Waals surface area (Å²) in [5.74, 6) is 0.457. The topological polar surface area (TPSA) is 21.3 Å². The van der Waals surface area contributed by atoms with E-state index >= 15 is 0 Å². The lowest BCUT2D eigenvalue weighted by molar-refractivity contribution is 0.404. The molecule has 0 spiro atoms. The van der Waals surface area contributed by atoms with Crippen LogP contribution in [0.15, 0.2) is 30.3 Å². The lowest BCUT2D eigenvalue weighted by atomic mass is 9.92. The van der Waals surface area contributed by atoms with Crippen LogP contribution in [0.4, 0.5) is 4.39 Å². The first-order valence-corrected chi connectivity index (χ1v) is 7.13. The maximum atomic E-state index is 13.3. The molecule has 2 nitrogen and oxygen atoms in total. The molecule has 4 heteroatoms. The van der Waals surface area contributed by atoms with Crippen LogP contribution in [0.1, 0.15) is 28.3 Å². The van der Waals surface area contributed by atoms with E-state index in [2.05, 4.69) is 11.4 Å². The molecular formula is C17H19ClFNO. The van der Waals surface area contributed by atoms with Crippen molar-refractivity contribution in [2.45, 2.75) is 19.9 Å². The predicted octanol–water partition coefficient (Wildman–Crippen LogP) is 4.41. The third-order valence-corrected chi connectivity index (χ3v) is 3.89. The molecule has 1 atom stereocenters. The molecule has 0 aromatic heterocycles. The third kappa shape index (κ3) is 3.20. The number of halogens is 2. The van der Waals surface area contributed by atoms with Gasteiger partial charge in [-0.1, -0.05) is 23.7 Å². The monoisotopic (exact) mass is 307 g/mol. The molecule has 2 aromatic rings. The zero-order chi connectivity index (χ0) is 15.6. The highest BCUT2D eigenvalue weighted by Gasteiger charge is 2.21. The van der Waals surface area contributed by atoms with Crippen molar-refractivity contribution in [3.05, 3.63) is 63.4 Å². The van der Waals surface area contributed by atoms with Crippen molar-refractivity contribution in [1.82, 2.24) is 5.32 Å². The third-order valence-electron chi connectivity index (χ3n) is 3.56. The maximum Gasteiger partial charge on any atom is 0.124 e. The van der Waals surface area contributed by atoms with E-state index in [1.807, 2.05) is 27.0 Å². The number of methoxy groups -OCH3 is 1. The highest BCUT2D eigenvalue weighted by Crippen LogP contribution is 2.36. The number of rotatable bonds is 4. The molecule has 0 saturated heterocycles. The van der Waals surface area contributed by atoms with Crippen molar-refractivity contribution < 1.29 is 9.13 Å². The highest BCUT2D eigenvalue weighted by molar-refractivity contribution is 6.31. The average molecular weight is 308 g/mol. The summed E-state index contributed by atoms with van der Waals surface area (Å²) >= 11 is 6.21. The van der Waals surface area contributed by atoms with Gasteiger partial charge in [0.25, 0.3) is 0 Å². The zero-order valence-electron chi connectivity index (χ0n) is 12.6. The van der Waals surface area contributed by atoms with Gasteiger partial charge in [-0.3, -0.25) is 0 Å². The van der Waals surface area contributed by atoms with E-state index in [1.165, 1.54) is 12.1 Å². The molecule has 0 bridgehead atoms. The summed E-state index contributed by atoms with van der Waals surface area (Å²) < 4.78 is 18.8. The molecule has 2 rings (SSSR count). The van der Waals surface area contributed by atoms with Crippen LogP contribution < -0.4 is 10.1 Å². The quantitative estimate of drug-likeness (QED) is 0.903. The van der Waals surface area contributed by atoms with Crippen molar-refractivity contribution in [3.8, 4) is 5.75 Å². The molecule has 0 amide bonds. The van der Waals surface area contributed by atoms with Crippen molar-refractivity contribution in [3.63, 3.8) is 0 Å². The SMILES string of the molecule is CNC(c1ccc(F)cc1Cl)c1c(C)cc(C)cc1OC. The largest absolute Gasteiger partial charge is 0.496 e. The van der Waals surface area contributed by atoms with Crippen LogP contribution in [0.2, 0.25) is 5.02 Å². The van der Waals surface area contributed by atoms with Gasteiger partial charge in [0.2, 0.25) is 0 Å². The number of benzene rings is 2. The van der Waals surface area contributed by atoms with Gasteiger partial charge in [0.05, 0.1) is 13.2 Å². The second-order valence-electron chi connectivity index (χ2n) is 5.09. The Bertz CT molecular complexity index is 657. The van der Waals surface area contributed by atoms with Gasteiger partial charge in [0.15, 0.2) is 0 Å². The van der Waals surface area contributed by atoms with Crippen LogP contribution in [0, 0.1) is 19.7 Å². The van der Waals surface area contributed by atoms with E-state index < -0.39 is 0 Å². The van der Waals surface area contributed by atoms with Gasteiger partial charge in [0.1, 0.15) is 11.6 Å². The molecular weight excluding hydrogens is 289 g/mol. The van der Waals surface area contributed by atoms with Crippen molar-refractivity contribution in [1.29, 1.82) is 0 Å². The summed E-state index contributed by atoms with van der Waals surface area (Å²) in [6.07, 6.45) is 0. The smallest absolute Gasteiger partial charge is 0.124 e. The van der Waals surface area contributed by atoms with Gasteiger partial charge in [-0.2, -0.15) is 0 Å². The van der Waals surface area contributed by atoms with Crippen molar-refractivity contribution in [2.24, 2.45) is 0 Å². The summed E-state index contributed by atoms with van der Waals surface area (Å²) in [6.45, 7) is 4.06. The molecule has 0 fully saturated rings. The Hall–Kier alpha value is -1.58. The number of nitrogens with one attached hydrogen (secondary N) is 1. The van der Waals surface area contributed by atoms with E-state index in [1.54, 1.807) is 13.2 Å². The maximum absolute atomic E-state index is 13.3. The Labute approximate surface area is 129 Å². The normalized spacial score (nSPS) is 12.3. The minimum absolute atomic E-state index is 0.159. The van der Waals surface area contributed by atoms with Crippen LogP contribution in [-0.2, 0) is 0 Å². The first kappa shape index (κ1) is 15.8. The fourth-order valence-electron chi connectivity index (χ4n) is 2.67. The first-order valence-electron chi connectivity index (χ1n) is 6.75. The Morgan fingerprint density at radius 1 is 1.19 bits per heavy atom. The summed E-state index contributed by atoms with van der Waals surface area (Å²) in [5, 5.41) is 3.64. The lowest BCUT2D eigenvalue weighted by Crippen LogP contribution is -2.20. The molecule has 0 saturated carbocycles. The number of ether oxygens (including phenoxy) is 1. The molecule has 0 aliphatic heterocycles. The molecule has 0 radical (unpaired) electrons. The van der Waals surface area contributed by atoms with Gasteiger partial charge < -0.3 is 10.1 Å². The average Bonchev–Trinajstić information content (AvgIpc) is 2.42. The van der Waals surface area contributed by atoms with Crippen LogP contribution in [0.3, 0.4) is 0 Å². The second kappa shape index (κ2) is 6.46. The number of aryl methyl sites for hydroxylation is 2.